The number of nitrogens with one attached hydrogen (secondary N) is 1. The average Bonchev–Trinajstić information content (AvgIpc) is 3.64. The number of carbonyl (C=O) groups excluding carboxylic acids is 1. The number of benzene rings is 4. The zero-order valence-electron chi connectivity index (χ0n) is 23.8. The van der Waals surface area contributed by atoms with Crippen LogP contribution in [0.15, 0.2) is 83.5 Å². The first-order valence-electron chi connectivity index (χ1n) is 13.8. The third kappa shape index (κ3) is 5.91. The summed E-state index contributed by atoms with van der Waals surface area (Å²) in [7, 11) is 1.99. The molecule has 9 heteroatoms. The van der Waals surface area contributed by atoms with Crippen molar-refractivity contribution in [1.29, 1.82) is 0 Å². The van der Waals surface area contributed by atoms with E-state index >= 15 is 0 Å². The fraction of sp³-hybridized carbons (Fsp3) is 0.242. The number of hydrogen-bond donors (Lipinski definition) is 1. The topological polar surface area (TPSA) is 99.0 Å². The van der Waals surface area contributed by atoms with Gasteiger partial charge in [0.05, 0.1) is 6.04 Å². The molecule has 9 nitrogen and oxygen atoms in total. The van der Waals surface area contributed by atoms with E-state index in [1.54, 1.807) is 0 Å². The number of aryl methyl sites for hydroxylation is 1. The van der Waals surface area contributed by atoms with E-state index in [0.29, 0.717) is 18.8 Å². The molecule has 5 aromatic rings. The van der Waals surface area contributed by atoms with Gasteiger partial charge in [0.15, 0.2) is 18.1 Å². The number of fused-ring (bicyclic) bond motifs is 2. The van der Waals surface area contributed by atoms with Gasteiger partial charge in [0.1, 0.15) is 17.1 Å². The summed E-state index contributed by atoms with van der Waals surface area (Å²) in [6.07, 6.45) is 0. The maximum Gasteiger partial charge on any atom is 0.258 e. The second-order valence-corrected chi connectivity index (χ2v) is 10.5. The average molecular weight is 565 g/mol. The minimum Gasteiger partial charge on any atom is -0.483 e. The van der Waals surface area contributed by atoms with Gasteiger partial charge in [-0.25, -0.2) is 4.63 Å². The van der Waals surface area contributed by atoms with Gasteiger partial charge in [-0.05, 0) is 72.6 Å². The van der Waals surface area contributed by atoms with Crippen LogP contribution >= 0.6 is 0 Å². The zero-order chi connectivity index (χ0) is 29.1. The second kappa shape index (κ2) is 11.9. The van der Waals surface area contributed by atoms with Gasteiger partial charge in [0.2, 0.25) is 6.79 Å². The number of amides is 1. The Labute approximate surface area is 244 Å². The third-order valence-corrected chi connectivity index (χ3v) is 7.40. The Bertz CT molecular complexity index is 1730. The van der Waals surface area contributed by atoms with Crippen LogP contribution < -0.4 is 19.5 Å². The molecule has 0 saturated carbocycles. The molecule has 1 aromatic heterocycles. The third-order valence-electron chi connectivity index (χ3n) is 7.40. The zero-order valence-corrected chi connectivity index (χ0v) is 23.8. The second-order valence-electron chi connectivity index (χ2n) is 10.5. The lowest BCUT2D eigenvalue weighted by Gasteiger charge is -2.20. The molecule has 1 N–H and O–H groups in total. The van der Waals surface area contributed by atoms with Crippen LogP contribution in [0.4, 0.5) is 0 Å². The van der Waals surface area contributed by atoms with Gasteiger partial charge < -0.3 is 19.5 Å². The molecule has 2 heterocycles. The van der Waals surface area contributed by atoms with E-state index in [1.807, 2.05) is 75.5 Å². The maximum atomic E-state index is 13.0. The Balaban J connectivity index is 1.19. The van der Waals surface area contributed by atoms with Crippen molar-refractivity contribution in [3.05, 3.63) is 101 Å². The molecule has 1 atom stereocenters. The predicted octanol–water partition coefficient (Wildman–Crippen LogP) is 5.82. The summed E-state index contributed by atoms with van der Waals surface area (Å²) in [4.78, 5) is 15.1. The molecular weight excluding hydrogens is 532 g/mol. The van der Waals surface area contributed by atoms with Crippen molar-refractivity contribution in [2.75, 3.05) is 20.4 Å². The summed E-state index contributed by atoms with van der Waals surface area (Å²) in [6, 6.07) is 26.0. The SMILES string of the molecule is Cc1nonc1CN(C)Cc1cc(-c2ccc3c(c2)OCO3)ccc1OCC(=O)N[C@@H](C)c1cccc2ccccc12. The molecule has 0 bridgehead atoms. The molecule has 6 rings (SSSR count). The van der Waals surface area contributed by atoms with Crippen molar-refractivity contribution in [3.63, 3.8) is 0 Å². The Kier molecular flexibility index (Phi) is 7.74. The number of hydrogen-bond acceptors (Lipinski definition) is 8. The Morgan fingerprint density at radius 1 is 0.952 bits per heavy atom. The molecule has 4 aromatic carbocycles. The summed E-state index contributed by atoms with van der Waals surface area (Å²) < 4.78 is 22.0. The first-order chi connectivity index (χ1) is 20.4. The predicted molar refractivity (Wildman–Crippen MR) is 158 cm³/mol. The standard InChI is InChI=1S/C33H32N4O5/c1-21(27-10-6-8-23-7-4-5-9-28(23)27)34-33(38)19-39-30-13-11-24(25-12-14-31-32(16-25)41-20-40-31)15-26(30)17-37(3)18-29-22(2)35-42-36-29/h4-16,21H,17-20H2,1-3H3,(H,34,38)/t21-/m0/s1. The Morgan fingerprint density at radius 2 is 1.74 bits per heavy atom. The smallest absolute Gasteiger partial charge is 0.258 e. The molecule has 1 aliphatic heterocycles. The highest BCUT2D eigenvalue weighted by Gasteiger charge is 2.18. The van der Waals surface area contributed by atoms with Crippen LogP contribution in [0, 0.1) is 6.92 Å². The number of rotatable bonds is 10. The van der Waals surface area contributed by atoms with Crippen LogP contribution in [-0.2, 0) is 17.9 Å². The highest BCUT2D eigenvalue weighted by molar-refractivity contribution is 5.87. The lowest BCUT2D eigenvalue weighted by atomic mass is 10.00. The summed E-state index contributed by atoms with van der Waals surface area (Å²) in [5, 5.41) is 13.2. The molecule has 0 radical (unpaired) electrons. The maximum absolute atomic E-state index is 13.0. The van der Waals surface area contributed by atoms with Crippen molar-refractivity contribution in [2.24, 2.45) is 0 Å². The summed E-state index contributed by atoms with van der Waals surface area (Å²) >= 11 is 0. The van der Waals surface area contributed by atoms with Crippen LogP contribution in [0.25, 0.3) is 21.9 Å². The Morgan fingerprint density at radius 3 is 2.60 bits per heavy atom. The Hall–Kier alpha value is -4.89. The van der Waals surface area contributed by atoms with E-state index in [4.69, 9.17) is 18.8 Å². The monoisotopic (exact) mass is 564 g/mol. The molecule has 214 valence electrons. The fourth-order valence-electron chi connectivity index (χ4n) is 5.23. The number of ether oxygens (including phenoxy) is 3. The van der Waals surface area contributed by atoms with Crippen molar-refractivity contribution in [1.82, 2.24) is 20.5 Å². The van der Waals surface area contributed by atoms with Crippen LogP contribution in [-0.4, -0.2) is 41.6 Å². The van der Waals surface area contributed by atoms with E-state index in [1.165, 1.54) is 0 Å². The van der Waals surface area contributed by atoms with E-state index in [9.17, 15) is 4.79 Å². The van der Waals surface area contributed by atoms with Gasteiger partial charge in [-0.2, -0.15) is 0 Å². The summed E-state index contributed by atoms with van der Waals surface area (Å²) in [6.45, 7) is 5.06. The lowest BCUT2D eigenvalue weighted by molar-refractivity contribution is -0.123. The highest BCUT2D eigenvalue weighted by Crippen LogP contribution is 2.37. The number of carbonyl (C=O) groups is 1. The van der Waals surface area contributed by atoms with Gasteiger partial charge in [0.25, 0.3) is 5.91 Å². The summed E-state index contributed by atoms with van der Waals surface area (Å²) in [5.41, 5.74) is 5.51. The molecule has 0 saturated heterocycles. The largest absolute Gasteiger partial charge is 0.483 e. The molecule has 42 heavy (non-hydrogen) atoms. The molecule has 1 aliphatic rings. The van der Waals surface area contributed by atoms with Crippen molar-refractivity contribution >= 4 is 16.7 Å². The van der Waals surface area contributed by atoms with E-state index in [0.717, 1.165) is 55.9 Å². The normalized spacial score (nSPS) is 13.0. The molecule has 0 spiro atoms. The highest BCUT2D eigenvalue weighted by atomic mass is 16.7. The molecule has 1 amide bonds. The van der Waals surface area contributed by atoms with E-state index in [-0.39, 0.29) is 25.3 Å². The van der Waals surface area contributed by atoms with Crippen LogP contribution in [0.1, 0.15) is 35.5 Å². The first-order valence-corrected chi connectivity index (χ1v) is 13.8. The quantitative estimate of drug-likeness (QED) is 0.227. The molecule has 0 aliphatic carbocycles. The molecule has 0 fully saturated rings. The number of nitrogens with zero attached hydrogens (tertiary/aromatic N) is 3. The minimum atomic E-state index is -0.195. The van der Waals surface area contributed by atoms with Crippen LogP contribution in [0.5, 0.6) is 17.2 Å². The summed E-state index contributed by atoms with van der Waals surface area (Å²) in [5.74, 6) is 1.89. The van der Waals surface area contributed by atoms with Crippen molar-refractivity contribution < 1.29 is 23.6 Å². The first kappa shape index (κ1) is 27.3. The van der Waals surface area contributed by atoms with E-state index < -0.39 is 0 Å². The molecular formula is C33H32N4O5. The number of aromatic nitrogens is 2. The van der Waals surface area contributed by atoms with Crippen LogP contribution in [0.3, 0.4) is 0 Å². The van der Waals surface area contributed by atoms with E-state index in [2.05, 4.69) is 44.8 Å². The van der Waals surface area contributed by atoms with Gasteiger partial charge in [0, 0.05) is 18.7 Å². The van der Waals surface area contributed by atoms with Gasteiger partial charge >= 0.3 is 0 Å². The molecule has 0 unspecified atom stereocenters. The van der Waals surface area contributed by atoms with Gasteiger partial charge in [-0.15, -0.1) is 0 Å². The van der Waals surface area contributed by atoms with Crippen molar-refractivity contribution in [3.8, 4) is 28.4 Å². The fourth-order valence-corrected chi connectivity index (χ4v) is 5.23. The van der Waals surface area contributed by atoms with Crippen molar-refractivity contribution in [2.45, 2.75) is 33.0 Å². The van der Waals surface area contributed by atoms with Gasteiger partial charge in [-0.3, -0.25) is 9.69 Å². The lowest BCUT2D eigenvalue weighted by Crippen LogP contribution is -2.31. The van der Waals surface area contributed by atoms with Gasteiger partial charge in [-0.1, -0.05) is 64.9 Å². The van der Waals surface area contributed by atoms with Crippen LogP contribution in [0.2, 0.25) is 0 Å². The minimum absolute atomic E-state index is 0.110.